The number of carbonyl (C=O) groups is 1. The number of aliphatic hydroxyl groups excluding tert-OH is 1. The number of carbonyl (C=O) groups excluding carboxylic acids is 1. The summed E-state index contributed by atoms with van der Waals surface area (Å²) in [5, 5.41) is 18.0. The number of ether oxygens (including phenoxy) is 1. The van der Waals surface area contributed by atoms with Gasteiger partial charge in [-0.1, -0.05) is 56.3 Å². The summed E-state index contributed by atoms with van der Waals surface area (Å²) in [7, 11) is 0. The minimum Gasteiger partial charge on any atom is -0.616 e. The van der Waals surface area contributed by atoms with Gasteiger partial charge in [0.15, 0.2) is 5.82 Å². The van der Waals surface area contributed by atoms with Gasteiger partial charge in [0, 0.05) is 19.5 Å². The zero-order valence-corrected chi connectivity index (χ0v) is 32.5. The molecule has 1 N–H and O–H groups in total. The number of fused-ring (bicyclic) bond motifs is 6. The minimum atomic E-state index is -5.58. The number of benzene rings is 1. The molecule has 1 amide bonds. The highest BCUT2D eigenvalue weighted by Crippen LogP contribution is 2.63. The van der Waals surface area contributed by atoms with Crippen molar-refractivity contribution >= 4 is 17.3 Å². The highest BCUT2D eigenvalue weighted by molar-refractivity contribution is 7.91. The van der Waals surface area contributed by atoms with Gasteiger partial charge in [0.1, 0.15) is 17.3 Å². The first-order valence-electron chi connectivity index (χ1n) is 20.0. The van der Waals surface area contributed by atoms with Crippen molar-refractivity contribution in [1.29, 1.82) is 0 Å². The number of nitrogens with zero attached hydrogens (tertiary/aromatic N) is 4. The molecule has 4 aliphatic rings. The second-order valence-electron chi connectivity index (χ2n) is 16.5. The van der Waals surface area contributed by atoms with Crippen LogP contribution in [0.15, 0.2) is 18.2 Å². The van der Waals surface area contributed by atoms with Crippen LogP contribution in [0, 0.1) is 23.2 Å². The van der Waals surface area contributed by atoms with Gasteiger partial charge in [-0.15, -0.1) is 10.2 Å². The van der Waals surface area contributed by atoms with Crippen LogP contribution < -0.4 is 4.74 Å². The topological polar surface area (TPSA) is 104 Å². The summed E-state index contributed by atoms with van der Waals surface area (Å²) in [6, 6.07) is 5.80. The highest BCUT2D eigenvalue weighted by atomic mass is 32.2. The van der Waals surface area contributed by atoms with E-state index in [1.165, 1.54) is 10.5 Å². The van der Waals surface area contributed by atoms with Crippen LogP contribution in [0.2, 0.25) is 0 Å². The Kier molecular flexibility index (Phi) is 13.3. The molecule has 2 saturated carbocycles. The van der Waals surface area contributed by atoms with E-state index < -0.39 is 54.2 Å². The van der Waals surface area contributed by atoms with E-state index in [4.69, 9.17) is 4.74 Å². The Morgan fingerprint density at radius 1 is 0.946 bits per heavy atom. The minimum absolute atomic E-state index is 0.0271. The van der Waals surface area contributed by atoms with Gasteiger partial charge in [-0.2, -0.15) is 35.1 Å². The molecule has 0 spiro atoms. The Balaban J connectivity index is 0.990. The first-order valence-corrected chi connectivity index (χ1v) is 21.4. The molecule has 0 radical (unpaired) electrons. The van der Waals surface area contributed by atoms with E-state index in [2.05, 4.69) is 23.2 Å². The first kappa shape index (κ1) is 42.9. The zero-order valence-electron chi connectivity index (χ0n) is 31.7. The summed E-state index contributed by atoms with van der Waals surface area (Å²) in [6.45, 7) is 2.04. The number of aliphatic hydroxyl groups is 1. The summed E-state index contributed by atoms with van der Waals surface area (Å²) >= 11 is -1.42. The van der Waals surface area contributed by atoms with E-state index in [0.717, 1.165) is 87.2 Å². The predicted octanol–water partition coefficient (Wildman–Crippen LogP) is 9.60. The largest absolute Gasteiger partial charge is 0.616 e. The highest BCUT2D eigenvalue weighted by Gasteiger charge is 2.57. The SMILES string of the molecule is C[C@]12CC[C@@H]3c4ccc(OC(=O)N5CCn6c(nnc6C(F)(F)F)C5)cc4C[C@@H](CCCCCCCCC[S+]([O-])CCCC(F)(F)C(F)(F)F)[C@H]3[C@@H]1CC[C@@H]2O. The van der Waals surface area contributed by atoms with Crippen molar-refractivity contribution < 1.29 is 54.3 Å². The normalized spacial score (nSPS) is 27.0. The van der Waals surface area contributed by atoms with Crippen molar-refractivity contribution in [2.24, 2.45) is 23.2 Å². The Labute approximate surface area is 325 Å². The third-order valence-corrected chi connectivity index (χ3v) is 14.5. The van der Waals surface area contributed by atoms with E-state index >= 15 is 0 Å². The Morgan fingerprint density at radius 3 is 2.36 bits per heavy atom. The van der Waals surface area contributed by atoms with Crippen LogP contribution in [0.3, 0.4) is 0 Å². The monoisotopic (exact) mass is 824 g/mol. The van der Waals surface area contributed by atoms with Crippen LogP contribution in [-0.4, -0.2) is 71.7 Å². The molecule has 6 rings (SSSR count). The standard InChI is InChI=1S/C39H52F8N4O4S/c1-36-17-15-29-28-12-11-27(55-35(53)50-18-19-51-32(24-50)48-49-34(51)38(42,43)44)23-26(28)22-25(33(29)30(36)13-14-31(36)52)10-7-5-3-2-4-6-8-20-56(54)21-9-16-37(40,41)39(45,46)47/h11-12,23,25,29-31,33,52H,2-10,13-22,24H2,1H3/t25-,29-,30+,31+,33-,36+,56?/m1/s1. The molecule has 56 heavy (non-hydrogen) atoms. The molecule has 3 aliphatic carbocycles. The number of hydrogen-bond donors (Lipinski definition) is 1. The number of hydrogen-bond acceptors (Lipinski definition) is 6. The third kappa shape index (κ3) is 9.45. The van der Waals surface area contributed by atoms with E-state index in [1.54, 1.807) is 6.07 Å². The number of amides is 1. The molecular weight excluding hydrogens is 773 g/mol. The number of halogens is 8. The lowest BCUT2D eigenvalue weighted by Gasteiger charge is -2.53. The van der Waals surface area contributed by atoms with Crippen molar-refractivity contribution in [3.8, 4) is 5.75 Å². The molecule has 0 saturated heterocycles. The molecule has 8 nitrogen and oxygen atoms in total. The van der Waals surface area contributed by atoms with Crippen LogP contribution in [-0.2, 0) is 36.9 Å². The quantitative estimate of drug-likeness (QED) is 0.109. The van der Waals surface area contributed by atoms with Crippen LogP contribution in [0.4, 0.5) is 39.9 Å². The van der Waals surface area contributed by atoms with Crippen molar-refractivity contribution in [3.05, 3.63) is 41.0 Å². The molecule has 2 heterocycles. The van der Waals surface area contributed by atoms with Gasteiger partial charge in [-0.3, -0.25) is 4.90 Å². The molecule has 2 fully saturated rings. The third-order valence-electron chi connectivity index (χ3n) is 13.0. The number of rotatable bonds is 15. The fourth-order valence-corrected chi connectivity index (χ4v) is 11.2. The van der Waals surface area contributed by atoms with E-state index in [-0.39, 0.29) is 42.7 Å². The fraction of sp³-hybridized carbons (Fsp3) is 0.769. The first-order chi connectivity index (χ1) is 26.4. The summed E-state index contributed by atoms with van der Waals surface area (Å²) in [4.78, 5) is 14.5. The van der Waals surface area contributed by atoms with Crippen LogP contribution in [0.1, 0.15) is 126 Å². The maximum atomic E-state index is 13.3. The number of unbranched alkanes of at least 4 members (excludes halogenated alkanes) is 6. The molecule has 0 bridgehead atoms. The van der Waals surface area contributed by atoms with Gasteiger partial charge in [0.25, 0.3) is 0 Å². The molecular formula is C39H52F8N4O4S. The average molecular weight is 825 g/mol. The fourth-order valence-electron chi connectivity index (χ4n) is 10.0. The Hall–Kier alpha value is -2.66. The van der Waals surface area contributed by atoms with Crippen molar-refractivity contribution in [3.63, 3.8) is 0 Å². The molecule has 17 heteroatoms. The van der Waals surface area contributed by atoms with Crippen molar-refractivity contribution in [2.45, 2.75) is 147 Å². The maximum absolute atomic E-state index is 13.3. The molecule has 314 valence electrons. The van der Waals surface area contributed by atoms with E-state index in [1.807, 2.05) is 6.07 Å². The molecule has 2 aromatic rings. The van der Waals surface area contributed by atoms with Crippen LogP contribution in [0.5, 0.6) is 5.75 Å². The average Bonchev–Trinajstić information content (AvgIpc) is 3.70. The molecule has 1 unspecified atom stereocenters. The second kappa shape index (κ2) is 17.3. The smallest absolute Gasteiger partial charge is 0.453 e. The molecule has 7 atom stereocenters. The lowest BCUT2D eigenvalue weighted by molar-refractivity contribution is -0.284. The van der Waals surface area contributed by atoms with Crippen molar-refractivity contribution in [2.75, 3.05) is 18.1 Å². The van der Waals surface area contributed by atoms with E-state index in [0.29, 0.717) is 41.6 Å². The van der Waals surface area contributed by atoms with E-state index in [9.17, 15) is 49.6 Å². The van der Waals surface area contributed by atoms with Gasteiger partial charge in [-0.05, 0) is 110 Å². The summed E-state index contributed by atoms with van der Waals surface area (Å²) < 4.78 is 122. The second-order valence-corrected chi connectivity index (χ2v) is 18.2. The van der Waals surface area contributed by atoms with Gasteiger partial charge in [0.05, 0.1) is 12.6 Å². The number of alkyl halides is 8. The zero-order chi connectivity index (χ0) is 40.5. The summed E-state index contributed by atoms with van der Waals surface area (Å²) in [5.41, 5.74) is 2.30. The van der Waals surface area contributed by atoms with Gasteiger partial charge >= 0.3 is 24.4 Å². The Morgan fingerprint density at radius 2 is 1.64 bits per heavy atom. The lowest BCUT2D eigenvalue weighted by Crippen LogP contribution is -2.47. The molecule has 1 aromatic carbocycles. The van der Waals surface area contributed by atoms with Crippen LogP contribution in [0.25, 0.3) is 0 Å². The molecule has 1 aliphatic heterocycles. The molecule has 1 aromatic heterocycles. The van der Waals surface area contributed by atoms with Gasteiger partial charge in [-0.25, -0.2) is 4.79 Å². The number of aromatic nitrogens is 3. The van der Waals surface area contributed by atoms with Crippen molar-refractivity contribution in [1.82, 2.24) is 19.7 Å². The maximum Gasteiger partial charge on any atom is 0.453 e. The van der Waals surface area contributed by atoms with Gasteiger partial charge in [0.2, 0.25) is 5.82 Å². The van der Waals surface area contributed by atoms with Crippen LogP contribution >= 0.6 is 0 Å². The Bertz CT molecular complexity index is 1660. The summed E-state index contributed by atoms with van der Waals surface area (Å²) in [5.74, 6) is -3.70. The summed E-state index contributed by atoms with van der Waals surface area (Å²) in [6.07, 6.45) is -0.928. The van der Waals surface area contributed by atoms with Gasteiger partial charge < -0.3 is 19.0 Å². The lowest BCUT2D eigenvalue weighted by atomic mass is 9.52. The predicted molar refractivity (Wildman–Crippen MR) is 192 cm³/mol.